The number of hydrogen-bond donors (Lipinski definition) is 1. The summed E-state index contributed by atoms with van der Waals surface area (Å²) in [4.78, 5) is 34.7. The quantitative estimate of drug-likeness (QED) is 0.365. The van der Waals surface area contributed by atoms with Crippen LogP contribution < -0.4 is 5.32 Å². The highest BCUT2D eigenvalue weighted by atomic mass is 35.5. The van der Waals surface area contributed by atoms with Gasteiger partial charge >= 0.3 is 0 Å². The van der Waals surface area contributed by atoms with Gasteiger partial charge in [0.15, 0.2) is 5.82 Å². The molecule has 3 aliphatic rings. The van der Waals surface area contributed by atoms with Gasteiger partial charge in [-0.25, -0.2) is 14.4 Å². The summed E-state index contributed by atoms with van der Waals surface area (Å²) >= 11 is 6.52. The van der Waals surface area contributed by atoms with E-state index in [1.807, 2.05) is 6.07 Å². The van der Waals surface area contributed by atoms with E-state index < -0.39 is 5.82 Å². The van der Waals surface area contributed by atoms with Crippen molar-refractivity contribution < 1.29 is 14.0 Å². The molecule has 0 bridgehead atoms. The van der Waals surface area contributed by atoms with Gasteiger partial charge in [0.2, 0.25) is 5.91 Å². The summed E-state index contributed by atoms with van der Waals surface area (Å²) in [5.74, 6) is 1.26. The van der Waals surface area contributed by atoms with Crippen molar-refractivity contribution in [1.82, 2.24) is 14.5 Å². The lowest BCUT2D eigenvalue weighted by molar-refractivity contribution is -0.126. The second-order valence-electron chi connectivity index (χ2n) is 12.5. The molecule has 0 unspecified atom stereocenters. The van der Waals surface area contributed by atoms with Crippen LogP contribution in [0, 0.1) is 23.1 Å². The first-order valence-electron chi connectivity index (χ1n) is 13.8. The number of nitrogens with one attached hydrogen (secondary N) is 1. The summed E-state index contributed by atoms with van der Waals surface area (Å²) in [6, 6.07) is 5.09. The Kier molecular flexibility index (Phi) is 6.13. The highest BCUT2D eigenvalue weighted by molar-refractivity contribution is 6.33. The van der Waals surface area contributed by atoms with Gasteiger partial charge < -0.3 is 9.88 Å². The molecule has 6 rings (SSSR count). The van der Waals surface area contributed by atoms with E-state index in [1.54, 1.807) is 6.07 Å². The number of rotatable bonds is 6. The highest BCUT2D eigenvalue weighted by Crippen LogP contribution is 2.48. The maximum absolute atomic E-state index is 15.2. The smallest absolute Gasteiger partial charge is 0.228 e. The fourth-order valence-electron chi connectivity index (χ4n) is 6.36. The zero-order chi connectivity index (χ0) is 26.8. The molecule has 8 heteroatoms. The Labute approximate surface area is 227 Å². The third-order valence-electron chi connectivity index (χ3n) is 9.07. The largest absolute Gasteiger partial charge is 0.322 e. The minimum atomic E-state index is -0.392. The number of carbonyl (C=O) groups excluding carboxylic acids is 2. The number of Topliss-reactive ketones (excluding diaryl/α,β-unsaturated/α-hetero) is 1. The number of aromatic nitrogens is 3. The molecule has 3 heterocycles. The topological polar surface area (TPSA) is 76.9 Å². The van der Waals surface area contributed by atoms with Crippen LogP contribution in [-0.4, -0.2) is 26.2 Å². The van der Waals surface area contributed by atoms with Gasteiger partial charge in [0.25, 0.3) is 0 Å². The fraction of sp³-hybridized carbons (Fsp3) is 0.533. The molecule has 1 amide bonds. The monoisotopic (exact) mass is 536 g/mol. The Bertz CT molecular complexity index is 1460. The Morgan fingerprint density at radius 2 is 1.95 bits per heavy atom. The van der Waals surface area contributed by atoms with Gasteiger partial charge in [-0.3, -0.25) is 9.59 Å². The molecule has 1 aromatic carbocycles. The van der Waals surface area contributed by atoms with Crippen LogP contribution in [0.5, 0.6) is 0 Å². The van der Waals surface area contributed by atoms with Crippen LogP contribution >= 0.6 is 11.6 Å². The van der Waals surface area contributed by atoms with E-state index in [4.69, 9.17) is 11.6 Å². The zero-order valence-corrected chi connectivity index (χ0v) is 23.0. The minimum absolute atomic E-state index is 0.0856. The van der Waals surface area contributed by atoms with E-state index in [0.29, 0.717) is 39.7 Å². The van der Waals surface area contributed by atoms with Crippen molar-refractivity contribution in [2.45, 2.75) is 84.1 Å². The number of aryl methyl sites for hydroxylation is 1. The summed E-state index contributed by atoms with van der Waals surface area (Å²) in [5.41, 5.74) is 2.08. The number of anilines is 1. The molecule has 200 valence electrons. The second kappa shape index (κ2) is 9.15. The van der Waals surface area contributed by atoms with Crippen LogP contribution in [0.4, 0.5) is 10.2 Å². The molecule has 0 radical (unpaired) electrons. The lowest BCUT2D eigenvalue weighted by Gasteiger charge is -2.28. The van der Waals surface area contributed by atoms with Gasteiger partial charge in [-0.2, -0.15) is 0 Å². The van der Waals surface area contributed by atoms with Gasteiger partial charge in [0, 0.05) is 41.5 Å². The molecule has 2 saturated carbocycles. The van der Waals surface area contributed by atoms with Gasteiger partial charge in [0.05, 0.1) is 10.5 Å². The number of benzene rings is 1. The van der Waals surface area contributed by atoms with Crippen molar-refractivity contribution in [1.29, 1.82) is 0 Å². The number of ketones is 1. The number of halogens is 2. The molecule has 38 heavy (non-hydrogen) atoms. The van der Waals surface area contributed by atoms with Crippen LogP contribution in [0.2, 0.25) is 5.02 Å². The first-order chi connectivity index (χ1) is 18.0. The minimum Gasteiger partial charge on any atom is -0.322 e. The number of pyridine rings is 1. The molecule has 2 atom stereocenters. The number of imidazole rings is 1. The Hall–Kier alpha value is -2.80. The molecule has 1 aliphatic heterocycles. The van der Waals surface area contributed by atoms with Crippen molar-refractivity contribution in [3.05, 3.63) is 41.1 Å². The second-order valence-corrected chi connectivity index (χ2v) is 12.9. The third-order valence-corrected chi connectivity index (χ3v) is 9.37. The van der Waals surface area contributed by atoms with Gasteiger partial charge in [-0.1, -0.05) is 24.9 Å². The molecule has 1 N–H and O–H groups in total. The summed E-state index contributed by atoms with van der Waals surface area (Å²) in [6.07, 6.45) is 9.30. The number of nitrogens with zero attached hydrogens (tertiary/aromatic N) is 3. The van der Waals surface area contributed by atoms with Crippen molar-refractivity contribution in [2.75, 3.05) is 5.32 Å². The molecule has 3 aromatic rings. The summed E-state index contributed by atoms with van der Waals surface area (Å²) < 4.78 is 17.3. The molecule has 2 aliphatic carbocycles. The molecule has 0 spiro atoms. The number of amides is 1. The van der Waals surface area contributed by atoms with Crippen molar-refractivity contribution >= 4 is 40.1 Å². The van der Waals surface area contributed by atoms with E-state index in [0.717, 1.165) is 62.7 Å². The van der Waals surface area contributed by atoms with Crippen LogP contribution in [0.25, 0.3) is 22.2 Å². The highest BCUT2D eigenvalue weighted by Gasteiger charge is 2.45. The first kappa shape index (κ1) is 25.5. The number of fused-ring (bicyclic) bond motifs is 3. The van der Waals surface area contributed by atoms with E-state index in [9.17, 15) is 9.59 Å². The van der Waals surface area contributed by atoms with E-state index >= 15 is 4.39 Å². The molecular formula is C30H34ClFN4O2. The standard InChI is InChI=1S/C30H34ClFN4O2/c1-29(2)8-7-26-35-27-22(32)13-19(14-23(27)36(26)29)20-15-25(33-16-21(20)31)34-28(38)18-6-4-5-17(11-18)12-24(37)30(3)9-10-30/h13-18H,4-12H2,1-3H3,(H,33,34,38)/t17-,18+/m1/s1. The maximum Gasteiger partial charge on any atom is 0.228 e. The van der Waals surface area contributed by atoms with Crippen LogP contribution in [0.15, 0.2) is 24.4 Å². The van der Waals surface area contributed by atoms with Crippen molar-refractivity contribution in [2.24, 2.45) is 17.3 Å². The Balaban J connectivity index is 1.22. The van der Waals surface area contributed by atoms with E-state index in [1.165, 1.54) is 12.3 Å². The number of hydrogen-bond acceptors (Lipinski definition) is 4. The molecule has 2 aromatic heterocycles. The zero-order valence-electron chi connectivity index (χ0n) is 22.2. The van der Waals surface area contributed by atoms with Gasteiger partial charge in [-0.05, 0) is 82.1 Å². The van der Waals surface area contributed by atoms with Gasteiger partial charge in [-0.15, -0.1) is 0 Å². The number of carbonyl (C=O) groups is 2. The van der Waals surface area contributed by atoms with Gasteiger partial charge in [0.1, 0.15) is 22.9 Å². The molecule has 0 saturated heterocycles. The first-order valence-corrected chi connectivity index (χ1v) is 14.1. The molecule has 2 fully saturated rings. The normalized spacial score (nSPS) is 23.3. The SMILES string of the molecule is CC1(C(=O)C[C@@H]2CCC[C@H](C(=O)Nc3cc(-c4cc(F)c5nc6n(c5c4)C(C)(C)CC6)c(Cl)cn3)C2)CC1. The lowest BCUT2D eigenvalue weighted by atomic mass is 9.77. The third kappa shape index (κ3) is 4.53. The molecular weight excluding hydrogens is 503 g/mol. The Morgan fingerprint density at radius 1 is 1.16 bits per heavy atom. The maximum atomic E-state index is 15.2. The molecule has 6 nitrogen and oxygen atoms in total. The average Bonchev–Trinajstić information content (AvgIpc) is 3.40. The predicted molar refractivity (Wildman–Crippen MR) is 147 cm³/mol. The lowest BCUT2D eigenvalue weighted by Crippen LogP contribution is -2.30. The van der Waals surface area contributed by atoms with Crippen LogP contribution in [-0.2, 0) is 21.5 Å². The average molecular weight is 537 g/mol. The fourth-order valence-corrected chi connectivity index (χ4v) is 6.57. The summed E-state index contributed by atoms with van der Waals surface area (Å²) in [7, 11) is 0. The predicted octanol–water partition coefficient (Wildman–Crippen LogP) is 7.08. The van der Waals surface area contributed by atoms with E-state index in [2.05, 4.69) is 40.6 Å². The summed E-state index contributed by atoms with van der Waals surface area (Å²) in [5, 5.41) is 3.34. The Morgan fingerprint density at radius 3 is 2.71 bits per heavy atom. The van der Waals surface area contributed by atoms with Crippen LogP contribution in [0.3, 0.4) is 0 Å². The van der Waals surface area contributed by atoms with E-state index in [-0.39, 0.29) is 28.7 Å². The van der Waals surface area contributed by atoms with Crippen molar-refractivity contribution in [3.8, 4) is 11.1 Å². The van der Waals surface area contributed by atoms with Crippen LogP contribution in [0.1, 0.15) is 78.0 Å². The summed E-state index contributed by atoms with van der Waals surface area (Å²) in [6.45, 7) is 6.33. The van der Waals surface area contributed by atoms with Crippen molar-refractivity contribution in [3.63, 3.8) is 0 Å².